The maximum absolute atomic E-state index is 13.5. The molecule has 0 unspecified atom stereocenters. The fraction of sp³-hybridized carbons (Fsp3) is 0.250. The van der Waals surface area contributed by atoms with Gasteiger partial charge in [0.05, 0.1) is 20.8 Å². The minimum absolute atomic E-state index is 0.0273. The van der Waals surface area contributed by atoms with Gasteiger partial charge in [0.25, 0.3) is 0 Å². The zero-order valence-corrected chi connectivity index (χ0v) is 12.7. The number of benzene rings is 1. The summed E-state index contributed by atoms with van der Waals surface area (Å²) >= 11 is 8.96. The molecule has 0 spiro atoms. The van der Waals surface area contributed by atoms with E-state index >= 15 is 0 Å². The first-order valence-electron chi connectivity index (χ1n) is 5.49. The average Bonchev–Trinajstić information content (AvgIpc) is 2.60. The fourth-order valence-corrected chi connectivity index (χ4v) is 2.45. The summed E-state index contributed by atoms with van der Waals surface area (Å²) in [5.41, 5.74) is 7.24. The third-order valence-corrected chi connectivity index (χ3v) is 3.58. The molecule has 4 nitrogen and oxygen atoms in total. The van der Waals surface area contributed by atoms with Crippen LogP contribution in [0.4, 0.5) is 4.39 Å². The highest BCUT2D eigenvalue weighted by molar-refractivity contribution is 9.10. The van der Waals surface area contributed by atoms with Crippen LogP contribution in [0.2, 0.25) is 5.02 Å². The fourth-order valence-electron chi connectivity index (χ4n) is 1.73. The van der Waals surface area contributed by atoms with Crippen molar-refractivity contribution in [3.8, 4) is 11.6 Å². The highest BCUT2D eigenvalue weighted by Crippen LogP contribution is 2.35. The van der Waals surface area contributed by atoms with Gasteiger partial charge < -0.3 is 10.5 Å². The number of ether oxygens (including phenoxy) is 1. The summed E-state index contributed by atoms with van der Waals surface area (Å²) in [6.45, 7) is 2.13. The van der Waals surface area contributed by atoms with E-state index < -0.39 is 5.82 Å². The Morgan fingerprint density at radius 1 is 1.53 bits per heavy atom. The number of nitrogens with two attached hydrogens (primary N) is 1. The SMILES string of the molecule is Cc1nn(C)c(Oc2cc(F)c(Cl)cc2Br)c1CN. The molecule has 102 valence electrons. The topological polar surface area (TPSA) is 53.1 Å². The van der Waals surface area contributed by atoms with Crippen LogP contribution in [0.3, 0.4) is 0 Å². The first-order chi connectivity index (χ1) is 8.93. The zero-order chi connectivity index (χ0) is 14.2. The van der Waals surface area contributed by atoms with Crippen LogP contribution < -0.4 is 10.5 Å². The number of nitrogens with zero attached hydrogens (tertiary/aromatic N) is 2. The van der Waals surface area contributed by atoms with Gasteiger partial charge >= 0.3 is 0 Å². The quantitative estimate of drug-likeness (QED) is 0.863. The smallest absolute Gasteiger partial charge is 0.222 e. The van der Waals surface area contributed by atoms with Gasteiger partial charge in [0.1, 0.15) is 11.6 Å². The molecule has 0 saturated heterocycles. The van der Waals surface area contributed by atoms with Gasteiger partial charge in [-0.05, 0) is 28.9 Å². The lowest BCUT2D eigenvalue weighted by atomic mass is 10.2. The van der Waals surface area contributed by atoms with E-state index in [9.17, 15) is 4.39 Å². The summed E-state index contributed by atoms with van der Waals surface area (Å²) in [6.07, 6.45) is 0. The summed E-state index contributed by atoms with van der Waals surface area (Å²) in [7, 11) is 1.74. The standard InChI is InChI=1S/C12H12BrClFN3O/c1-6-7(5-16)12(18(2)17-6)19-11-4-10(15)9(14)3-8(11)13/h3-4H,5,16H2,1-2H3. The van der Waals surface area contributed by atoms with E-state index in [1.807, 2.05) is 6.92 Å². The highest BCUT2D eigenvalue weighted by Gasteiger charge is 2.16. The van der Waals surface area contributed by atoms with E-state index in [0.717, 1.165) is 11.3 Å². The van der Waals surface area contributed by atoms with Crippen molar-refractivity contribution < 1.29 is 9.13 Å². The second kappa shape index (κ2) is 5.48. The number of halogens is 3. The summed E-state index contributed by atoms with van der Waals surface area (Å²) in [4.78, 5) is 0. The Labute approximate surface area is 123 Å². The molecule has 0 aliphatic rings. The van der Waals surface area contributed by atoms with Crippen molar-refractivity contribution in [1.29, 1.82) is 0 Å². The van der Waals surface area contributed by atoms with Crippen molar-refractivity contribution in [2.45, 2.75) is 13.5 Å². The summed E-state index contributed by atoms with van der Waals surface area (Å²) < 4.78 is 21.3. The molecule has 7 heteroatoms. The minimum Gasteiger partial charge on any atom is -0.438 e. The molecule has 0 amide bonds. The predicted molar refractivity (Wildman–Crippen MR) is 75.0 cm³/mol. The first-order valence-corrected chi connectivity index (χ1v) is 6.66. The maximum Gasteiger partial charge on any atom is 0.222 e. The van der Waals surface area contributed by atoms with Crippen molar-refractivity contribution in [1.82, 2.24) is 9.78 Å². The number of aryl methyl sites for hydroxylation is 2. The molecule has 0 saturated carbocycles. The molecule has 0 atom stereocenters. The molecule has 2 aromatic rings. The lowest BCUT2D eigenvalue weighted by Crippen LogP contribution is -2.01. The van der Waals surface area contributed by atoms with E-state index in [4.69, 9.17) is 22.1 Å². The molecule has 2 N–H and O–H groups in total. The molecular formula is C12H12BrClFN3O. The first kappa shape index (κ1) is 14.3. The van der Waals surface area contributed by atoms with Gasteiger partial charge in [0, 0.05) is 19.7 Å². The van der Waals surface area contributed by atoms with Crippen LogP contribution >= 0.6 is 27.5 Å². The van der Waals surface area contributed by atoms with Gasteiger partial charge in [0.15, 0.2) is 0 Å². The van der Waals surface area contributed by atoms with Crippen molar-refractivity contribution in [2.75, 3.05) is 0 Å². The number of rotatable bonds is 3. The third kappa shape index (κ3) is 2.75. The largest absolute Gasteiger partial charge is 0.438 e. The van der Waals surface area contributed by atoms with E-state index in [2.05, 4.69) is 21.0 Å². The lowest BCUT2D eigenvalue weighted by Gasteiger charge is -2.10. The molecular weight excluding hydrogens is 337 g/mol. The van der Waals surface area contributed by atoms with Crippen molar-refractivity contribution >= 4 is 27.5 Å². The summed E-state index contributed by atoms with van der Waals surface area (Å²) in [6, 6.07) is 2.66. The normalized spacial score (nSPS) is 10.8. The van der Waals surface area contributed by atoms with Crippen LogP contribution in [-0.2, 0) is 13.6 Å². The molecule has 19 heavy (non-hydrogen) atoms. The van der Waals surface area contributed by atoms with Crippen LogP contribution in [-0.4, -0.2) is 9.78 Å². The third-order valence-electron chi connectivity index (χ3n) is 2.67. The van der Waals surface area contributed by atoms with Gasteiger partial charge in [0.2, 0.25) is 5.88 Å². The van der Waals surface area contributed by atoms with E-state index in [0.29, 0.717) is 22.6 Å². The minimum atomic E-state index is -0.548. The Balaban J connectivity index is 2.44. The van der Waals surface area contributed by atoms with Gasteiger partial charge in [-0.15, -0.1) is 0 Å². The predicted octanol–water partition coefficient (Wildman–Crippen LogP) is 3.53. The second-order valence-electron chi connectivity index (χ2n) is 4.00. The molecule has 0 aliphatic heterocycles. The van der Waals surface area contributed by atoms with Gasteiger partial charge in [-0.3, -0.25) is 0 Å². The Morgan fingerprint density at radius 3 is 2.84 bits per heavy atom. The second-order valence-corrected chi connectivity index (χ2v) is 5.26. The van der Waals surface area contributed by atoms with E-state index in [-0.39, 0.29) is 5.02 Å². The van der Waals surface area contributed by atoms with E-state index in [1.54, 1.807) is 11.7 Å². The van der Waals surface area contributed by atoms with Crippen LogP contribution in [0.25, 0.3) is 0 Å². The Morgan fingerprint density at radius 2 is 2.21 bits per heavy atom. The molecule has 0 fully saturated rings. The maximum atomic E-state index is 13.5. The molecule has 0 bridgehead atoms. The highest BCUT2D eigenvalue weighted by atomic mass is 79.9. The van der Waals surface area contributed by atoms with E-state index in [1.165, 1.54) is 12.1 Å². The average molecular weight is 349 g/mol. The van der Waals surface area contributed by atoms with Crippen LogP contribution in [0, 0.1) is 12.7 Å². The van der Waals surface area contributed by atoms with Gasteiger partial charge in [-0.2, -0.15) is 5.10 Å². The molecule has 2 rings (SSSR count). The lowest BCUT2D eigenvalue weighted by molar-refractivity contribution is 0.420. The molecule has 0 radical (unpaired) electrons. The molecule has 1 aromatic carbocycles. The Hall–Kier alpha value is -1.11. The van der Waals surface area contributed by atoms with Crippen LogP contribution in [0.1, 0.15) is 11.3 Å². The van der Waals surface area contributed by atoms with Gasteiger partial charge in [-0.25, -0.2) is 9.07 Å². The number of hydrogen-bond acceptors (Lipinski definition) is 3. The molecule has 1 aromatic heterocycles. The Kier molecular flexibility index (Phi) is 4.13. The number of aromatic nitrogens is 2. The molecule has 1 heterocycles. The van der Waals surface area contributed by atoms with Gasteiger partial charge in [-0.1, -0.05) is 11.6 Å². The summed E-state index contributed by atoms with van der Waals surface area (Å²) in [5, 5.41) is 4.25. The Bertz CT molecular complexity index is 630. The monoisotopic (exact) mass is 347 g/mol. The van der Waals surface area contributed by atoms with Crippen LogP contribution in [0.5, 0.6) is 11.6 Å². The van der Waals surface area contributed by atoms with Crippen molar-refractivity contribution in [2.24, 2.45) is 12.8 Å². The molecule has 0 aliphatic carbocycles. The summed E-state index contributed by atoms with van der Waals surface area (Å²) in [5.74, 6) is 0.259. The van der Waals surface area contributed by atoms with Crippen LogP contribution in [0.15, 0.2) is 16.6 Å². The number of hydrogen-bond donors (Lipinski definition) is 1. The van der Waals surface area contributed by atoms with Crippen molar-refractivity contribution in [3.63, 3.8) is 0 Å². The zero-order valence-electron chi connectivity index (χ0n) is 10.4. The van der Waals surface area contributed by atoms with Crippen molar-refractivity contribution in [3.05, 3.63) is 38.7 Å².